The SMILES string of the molecule is [N-]=[N+]=NC(C(=O)O)C(c1ccc(F)cc1)c1cccc(F)c1. The Labute approximate surface area is 124 Å². The van der Waals surface area contributed by atoms with Crippen LogP contribution < -0.4 is 0 Å². The third-order valence-electron chi connectivity index (χ3n) is 3.18. The molecule has 5 nitrogen and oxygen atoms in total. The molecule has 2 atom stereocenters. The normalized spacial score (nSPS) is 13.0. The van der Waals surface area contributed by atoms with Gasteiger partial charge in [-0.2, -0.15) is 0 Å². The standard InChI is InChI=1S/C15H11F2N3O2/c16-11-6-4-9(5-7-11)13(14(15(21)22)19-20-18)10-2-1-3-12(17)8-10/h1-8,13-14H,(H,21,22). The van der Waals surface area contributed by atoms with Crippen LogP contribution in [0.5, 0.6) is 0 Å². The number of azide groups is 1. The topological polar surface area (TPSA) is 86.1 Å². The third-order valence-corrected chi connectivity index (χ3v) is 3.18. The van der Waals surface area contributed by atoms with Crippen LogP contribution in [0.15, 0.2) is 53.6 Å². The molecule has 0 radical (unpaired) electrons. The van der Waals surface area contributed by atoms with Gasteiger partial charge in [0.05, 0.1) is 0 Å². The minimum Gasteiger partial charge on any atom is -0.481 e. The summed E-state index contributed by atoms with van der Waals surface area (Å²) in [6.07, 6.45) is 0. The predicted molar refractivity (Wildman–Crippen MR) is 75.2 cm³/mol. The summed E-state index contributed by atoms with van der Waals surface area (Å²) in [4.78, 5) is 13.9. The molecule has 0 saturated heterocycles. The van der Waals surface area contributed by atoms with Gasteiger partial charge in [-0.25, -0.2) is 8.78 Å². The van der Waals surface area contributed by atoms with Gasteiger partial charge in [0.2, 0.25) is 0 Å². The van der Waals surface area contributed by atoms with Crippen molar-refractivity contribution in [1.29, 1.82) is 0 Å². The Kier molecular flexibility index (Phi) is 4.70. The predicted octanol–water partition coefficient (Wildman–Crippen LogP) is 3.86. The first-order valence-electron chi connectivity index (χ1n) is 6.31. The first-order valence-corrected chi connectivity index (χ1v) is 6.31. The number of carboxylic acid groups (broad SMARTS) is 1. The summed E-state index contributed by atoms with van der Waals surface area (Å²) >= 11 is 0. The van der Waals surface area contributed by atoms with E-state index < -0.39 is 29.6 Å². The third kappa shape index (κ3) is 3.39. The Morgan fingerprint density at radius 3 is 2.32 bits per heavy atom. The van der Waals surface area contributed by atoms with Crippen molar-refractivity contribution in [2.45, 2.75) is 12.0 Å². The smallest absolute Gasteiger partial charge is 0.313 e. The zero-order valence-corrected chi connectivity index (χ0v) is 11.2. The molecule has 0 amide bonds. The van der Waals surface area contributed by atoms with E-state index in [1.54, 1.807) is 0 Å². The van der Waals surface area contributed by atoms with Crippen LogP contribution in [-0.4, -0.2) is 17.1 Å². The molecule has 0 spiro atoms. The average molecular weight is 303 g/mol. The van der Waals surface area contributed by atoms with Crippen LogP contribution in [-0.2, 0) is 4.79 Å². The van der Waals surface area contributed by atoms with Crippen LogP contribution >= 0.6 is 0 Å². The van der Waals surface area contributed by atoms with Gasteiger partial charge in [-0.1, -0.05) is 29.4 Å². The fourth-order valence-electron chi connectivity index (χ4n) is 2.24. The lowest BCUT2D eigenvalue weighted by molar-refractivity contribution is -0.138. The minimum atomic E-state index is -1.47. The second kappa shape index (κ2) is 6.69. The van der Waals surface area contributed by atoms with E-state index in [-0.39, 0.29) is 0 Å². The summed E-state index contributed by atoms with van der Waals surface area (Å²) in [6.45, 7) is 0. The molecular formula is C15H11F2N3O2. The van der Waals surface area contributed by atoms with Crippen LogP contribution in [0.1, 0.15) is 17.0 Å². The molecule has 0 aromatic heterocycles. The van der Waals surface area contributed by atoms with E-state index in [2.05, 4.69) is 10.0 Å². The van der Waals surface area contributed by atoms with Gasteiger partial charge in [0, 0.05) is 10.8 Å². The number of carboxylic acids is 1. The summed E-state index contributed by atoms with van der Waals surface area (Å²) in [6, 6.07) is 8.95. The Bertz CT molecular complexity index is 726. The van der Waals surface area contributed by atoms with Crippen molar-refractivity contribution in [2.75, 3.05) is 0 Å². The Balaban J connectivity index is 2.60. The molecule has 2 unspecified atom stereocenters. The molecule has 0 bridgehead atoms. The molecule has 112 valence electrons. The van der Waals surface area contributed by atoms with E-state index in [4.69, 9.17) is 5.53 Å². The van der Waals surface area contributed by atoms with Crippen LogP contribution in [0.2, 0.25) is 0 Å². The number of hydrogen-bond donors (Lipinski definition) is 1. The van der Waals surface area contributed by atoms with Crippen LogP contribution in [0.3, 0.4) is 0 Å². The van der Waals surface area contributed by atoms with Crippen LogP contribution in [0, 0.1) is 11.6 Å². The van der Waals surface area contributed by atoms with E-state index in [1.165, 1.54) is 30.3 Å². The van der Waals surface area contributed by atoms with Crippen molar-refractivity contribution in [2.24, 2.45) is 5.11 Å². The molecular weight excluding hydrogens is 292 g/mol. The summed E-state index contributed by atoms with van der Waals surface area (Å²) in [5, 5.41) is 12.6. The van der Waals surface area contributed by atoms with Gasteiger partial charge >= 0.3 is 5.97 Å². The molecule has 0 aliphatic heterocycles. The van der Waals surface area contributed by atoms with Crippen molar-refractivity contribution in [3.8, 4) is 0 Å². The lowest BCUT2D eigenvalue weighted by Gasteiger charge is -2.21. The molecule has 2 rings (SSSR count). The van der Waals surface area contributed by atoms with Gasteiger partial charge in [-0.15, -0.1) is 0 Å². The number of carbonyl (C=O) groups is 1. The van der Waals surface area contributed by atoms with E-state index in [0.717, 1.165) is 18.2 Å². The summed E-state index contributed by atoms with van der Waals surface area (Å²) in [7, 11) is 0. The summed E-state index contributed by atoms with van der Waals surface area (Å²) in [5.41, 5.74) is 9.32. The average Bonchev–Trinajstić information content (AvgIpc) is 2.48. The molecule has 0 fully saturated rings. The minimum absolute atomic E-state index is 0.325. The number of hydrogen-bond acceptors (Lipinski definition) is 2. The zero-order chi connectivity index (χ0) is 16.1. The molecule has 1 N–H and O–H groups in total. The Hall–Kier alpha value is -2.92. The second-order valence-electron chi connectivity index (χ2n) is 4.57. The van der Waals surface area contributed by atoms with Crippen molar-refractivity contribution in [3.05, 3.63) is 81.7 Å². The highest BCUT2D eigenvalue weighted by molar-refractivity contribution is 5.76. The van der Waals surface area contributed by atoms with Crippen molar-refractivity contribution in [1.82, 2.24) is 0 Å². The number of aliphatic carboxylic acids is 1. The van der Waals surface area contributed by atoms with Gasteiger partial charge in [-0.3, -0.25) is 4.79 Å². The largest absolute Gasteiger partial charge is 0.481 e. The van der Waals surface area contributed by atoms with Gasteiger partial charge in [0.15, 0.2) is 0 Å². The van der Waals surface area contributed by atoms with Crippen molar-refractivity contribution in [3.63, 3.8) is 0 Å². The van der Waals surface area contributed by atoms with Gasteiger partial charge in [0.25, 0.3) is 0 Å². The Morgan fingerprint density at radius 1 is 1.09 bits per heavy atom. The quantitative estimate of drug-likeness (QED) is 0.516. The van der Waals surface area contributed by atoms with E-state index in [1.807, 2.05) is 0 Å². The van der Waals surface area contributed by atoms with Gasteiger partial charge in [0.1, 0.15) is 17.7 Å². The number of halogens is 2. The zero-order valence-electron chi connectivity index (χ0n) is 11.2. The van der Waals surface area contributed by atoms with Crippen molar-refractivity contribution < 1.29 is 18.7 Å². The highest BCUT2D eigenvalue weighted by Gasteiger charge is 2.30. The Morgan fingerprint density at radius 2 is 1.77 bits per heavy atom. The molecule has 0 heterocycles. The van der Waals surface area contributed by atoms with Gasteiger partial charge in [-0.05, 0) is 40.9 Å². The molecule has 0 aliphatic carbocycles. The van der Waals surface area contributed by atoms with E-state index >= 15 is 0 Å². The maximum Gasteiger partial charge on any atom is 0.313 e. The van der Waals surface area contributed by atoms with Gasteiger partial charge < -0.3 is 5.11 Å². The molecule has 7 heteroatoms. The summed E-state index contributed by atoms with van der Waals surface area (Å²) < 4.78 is 26.5. The highest BCUT2D eigenvalue weighted by Crippen LogP contribution is 2.31. The second-order valence-corrected chi connectivity index (χ2v) is 4.57. The fraction of sp³-hybridized carbons (Fsp3) is 0.133. The maximum atomic E-state index is 13.4. The maximum absolute atomic E-state index is 13.4. The number of rotatable bonds is 5. The van der Waals surface area contributed by atoms with Crippen LogP contribution in [0.4, 0.5) is 8.78 Å². The fourth-order valence-corrected chi connectivity index (χ4v) is 2.24. The lowest BCUT2D eigenvalue weighted by Crippen LogP contribution is -2.26. The molecule has 0 saturated carbocycles. The number of nitrogens with zero attached hydrogens (tertiary/aromatic N) is 3. The van der Waals surface area contributed by atoms with E-state index in [0.29, 0.717) is 11.1 Å². The van der Waals surface area contributed by atoms with Crippen molar-refractivity contribution >= 4 is 5.97 Å². The first-order chi connectivity index (χ1) is 10.5. The highest BCUT2D eigenvalue weighted by atomic mass is 19.1. The van der Waals surface area contributed by atoms with E-state index in [9.17, 15) is 18.7 Å². The molecule has 2 aromatic carbocycles. The molecule has 22 heavy (non-hydrogen) atoms. The summed E-state index contributed by atoms with van der Waals surface area (Å²) in [5.74, 6) is -3.31. The van der Waals surface area contributed by atoms with Crippen LogP contribution in [0.25, 0.3) is 10.4 Å². The molecule has 2 aromatic rings. The number of benzene rings is 2. The lowest BCUT2D eigenvalue weighted by atomic mass is 9.85. The first kappa shape index (κ1) is 15.5. The molecule has 0 aliphatic rings. The monoisotopic (exact) mass is 303 g/mol.